The summed E-state index contributed by atoms with van der Waals surface area (Å²) in [6.07, 6.45) is 10.2. The van der Waals surface area contributed by atoms with Gasteiger partial charge in [0.2, 0.25) is 5.91 Å². The normalized spacial score (nSPS) is 26.2. The fourth-order valence-corrected chi connectivity index (χ4v) is 9.72. The molecule has 7 heterocycles. The van der Waals surface area contributed by atoms with E-state index in [1.165, 1.54) is 12.6 Å². The number of nitrogens with one attached hydrogen (secondary N) is 1. The minimum absolute atomic E-state index is 0.0554. The van der Waals surface area contributed by atoms with Crippen LogP contribution in [0.1, 0.15) is 91.2 Å². The maximum Gasteiger partial charge on any atom is 0.251 e. The van der Waals surface area contributed by atoms with E-state index >= 15 is 0 Å². The highest BCUT2D eigenvalue weighted by Crippen LogP contribution is 2.52. The number of likely N-dealkylation sites (tertiary alicyclic amines) is 2. The predicted octanol–water partition coefficient (Wildman–Crippen LogP) is 6.99. The molecule has 3 aromatic heterocycles. The molecule has 1 aliphatic carbocycles. The smallest absolute Gasteiger partial charge is 0.251 e. The van der Waals surface area contributed by atoms with Crippen molar-refractivity contribution in [2.45, 2.75) is 115 Å². The Morgan fingerprint density at radius 3 is 2.52 bits per heavy atom. The van der Waals surface area contributed by atoms with Crippen molar-refractivity contribution in [3.05, 3.63) is 60.4 Å². The first-order chi connectivity index (χ1) is 25.9. The molecule has 2 atom stereocenters. The van der Waals surface area contributed by atoms with E-state index in [0.29, 0.717) is 48.9 Å². The topological polar surface area (TPSA) is 109 Å². The van der Waals surface area contributed by atoms with Crippen LogP contribution in [-0.4, -0.2) is 91.6 Å². The molecule has 1 spiro atoms. The van der Waals surface area contributed by atoms with E-state index in [1.54, 1.807) is 18.6 Å². The van der Waals surface area contributed by atoms with Gasteiger partial charge in [-0.1, -0.05) is 26.0 Å². The summed E-state index contributed by atoms with van der Waals surface area (Å²) in [7, 11) is 0. The molecular formula is C42H51FN8O3. The van der Waals surface area contributed by atoms with Crippen LogP contribution >= 0.6 is 0 Å². The van der Waals surface area contributed by atoms with E-state index in [9.17, 15) is 14.0 Å². The zero-order valence-electron chi connectivity index (χ0n) is 32.0. The largest absolute Gasteiger partial charge is 0.365 e. The van der Waals surface area contributed by atoms with E-state index in [2.05, 4.69) is 66.0 Å². The maximum atomic E-state index is 15.0. The summed E-state index contributed by atoms with van der Waals surface area (Å²) in [6, 6.07) is 10.6. The molecule has 4 fully saturated rings. The lowest BCUT2D eigenvalue weighted by Crippen LogP contribution is -2.58. The number of imidazole rings is 1. The highest BCUT2D eigenvalue weighted by Gasteiger charge is 2.56. The molecule has 4 aliphatic heterocycles. The van der Waals surface area contributed by atoms with E-state index in [1.807, 2.05) is 22.5 Å². The number of carbonyl (C=O) groups is 2. The summed E-state index contributed by atoms with van der Waals surface area (Å²) in [5.41, 5.74) is 4.97. The fraction of sp³-hybridized carbons (Fsp3) is 0.548. The highest BCUT2D eigenvalue weighted by molar-refractivity contribution is 6.09. The van der Waals surface area contributed by atoms with Crippen LogP contribution in [0.5, 0.6) is 0 Å². The lowest BCUT2D eigenvalue weighted by Gasteiger charge is -2.46. The molecule has 4 aromatic rings. The Bertz CT molecular complexity index is 2120. The lowest BCUT2D eigenvalue weighted by molar-refractivity contribution is -0.145. The maximum absolute atomic E-state index is 15.0. The third-order valence-electron chi connectivity index (χ3n) is 12.9. The Hall–Kier alpha value is -4.42. The van der Waals surface area contributed by atoms with Crippen molar-refractivity contribution in [1.82, 2.24) is 29.3 Å². The summed E-state index contributed by atoms with van der Waals surface area (Å²) in [6.45, 7) is 14.1. The molecule has 2 amide bonds. The van der Waals surface area contributed by atoms with Gasteiger partial charge in [-0.15, -0.1) is 0 Å². The fourth-order valence-electron chi connectivity index (χ4n) is 9.72. The molecular weight excluding hydrogens is 684 g/mol. The number of pyridine rings is 2. The van der Waals surface area contributed by atoms with Crippen molar-refractivity contribution in [1.29, 1.82) is 0 Å². The van der Waals surface area contributed by atoms with Crippen molar-refractivity contribution in [3.63, 3.8) is 0 Å². The highest BCUT2D eigenvalue weighted by atomic mass is 19.1. The number of fused-ring (bicyclic) bond motifs is 3. The van der Waals surface area contributed by atoms with Crippen LogP contribution < -0.4 is 10.2 Å². The van der Waals surface area contributed by atoms with Crippen LogP contribution in [0.15, 0.2) is 49.1 Å². The van der Waals surface area contributed by atoms with Gasteiger partial charge in [-0.3, -0.25) is 19.5 Å². The van der Waals surface area contributed by atoms with Gasteiger partial charge in [0, 0.05) is 55.2 Å². The summed E-state index contributed by atoms with van der Waals surface area (Å²) >= 11 is 0. The zero-order valence-corrected chi connectivity index (χ0v) is 32.0. The Kier molecular flexibility index (Phi) is 8.57. The first kappa shape index (κ1) is 35.3. The van der Waals surface area contributed by atoms with Crippen LogP contribution in [0.25, 0.3) is 22.3 Å². The summed E-state index contributed by atoms with van der Waals surface area (Å²) in [5.74, 6) is 0.240. The van der Waals surface area contributed by atoms with Gasteiger partial charge in [0.25, 0.3) is 5.91 Å². The third-order valence-corrected chi connectivity index (χ3v) is 12.9. The van der Waals surface area contributed by atoms with Gasteiger partial charge < -0.3 is 24.4 Å². The molecule has 1 saturated carbocycles. The lowest BCUT2D eigenvalue weighted by atomic mass is 9.73. The van der Waals surface area contributed by atoms with Crippen LogP contribution in [0.3, 0.4) is 0 Å². The molecule has 0 radical (unpaired) electrons. The number of nitrogens with zero attached hydrogens (tertiary/aromatic N) is 7. The minimum Gasteiger partial charge on any atom is -0.365 e. The summed E-state index contributed by atoms with van der Waals surface area (Å²) in [4.78, 5) is 48.8. The Morgan fingerprint density at radius 1 is 1.04 bits per heavy atom. The number of benzene rings is 1. The second-order valence-electron chi connectivity index (χ2n) is 17.4. The van der Waals surface area contributed by atoms with E-state index < -0.39 is 11.2 Å². The van der Waals surface area contributed by atoms with Gasteiger partial charge in [-0.25, -0.2) is 14.4 Å². The van der Waals surface area contributed by atoms with Crippen LogP contribution in [0.4, 0.5) is 21.6 Å². The number of amides is 2. The Balaban J connectivity index is 1.07. The Labute approximate surface area is 316 Å². The Morgan fingerprint density at radius 2 is 1.83 bits per heavy atom. The number of halogens is 1. The molecule has 1 N–H and O–H groups in total. The quantitative estimate of drug-likeness (QED) is 0.217. The van der Waals surface area contributed by atoms with Crippen LogP contribution in [0, 0.1) is 11.2 Å². The molecule has 5 aliphatic rings. The first-order valence-corrected chi connectivity index (χ1v) is 19.8. The third kappa shape index (κ3) is 5.87. The van der Waals surface area contributed by atoms with E-state index in [4.69, 9.17) is 14.7 Å². The first-order valence-electron chi connectivity index (χ1n) is 19.8. The van der Waals surface area contributed by atoms with Crippen LogP contribution in [0.2, 0.25) is 0 Å². The zero-order chi connectivity index (χ0) is 37.5. The number of rotatable bonds is 7. The monoisotopic (exact) mass is 734 g/mol. The van der Waals surface area contributed by atoms with Gasteiger partial charge in [0.15, 0.2) is 11.6 Å². The van der Waals surface area contributed by atoms with E-state index in [0.717, 1.165) is 66.6 Å². The molecule has 9 rings (SSSR count). The molecule has 12 heteroatoms. The van der Waals surface area contributed by atoms with Crippen molar-refractivity contribution >= 4 is 40.0 Å². The second-order valence-corrected chi connectivity index (χ2v) is 17.4. The summed E-state index contributed by atoms with van der Waals surface area (Å²) in [5, 5.41) is 3.23. The number of carbonyl (C=O) groups excluding carboxylic acids is 2. The number of anilines is 3. The average Bonchev–Trinajstić information content (AvgIpc) is 3.91. The molecule has 0 bridgehead atoms. The van der Waals surface area contributed by atoms with Gasteiger partial charge in [0.1, 0.15) is 11.6 Å². The van der Waals surface area contributed by atoms with Gasteiger partial charge in [-0.05, 0) is 101 Å². The van der Waals surface area contributed by atoms with Crippen LogP contribution in [-0.2, 0) is 19.7 Å². The van der Waals surface area contributed by atoms with Gasteiger partial charge in [-0.2, -0.15) is 0 Å². The number of aromatic nitrogens is 4. The molecule has 11 nitrogen and oxygen atoms in total. The standard InChI is InChI=1S/C42H51FN8O3/c1-25(2)50-24-45-34-21-33(47-38(37(34)50)46-32-10-14-44-22-31(32)43)27-7-8-30-35(18-27)51(29-19-28(20-29)49-15-11-41(4,5)23-49)40(53)42(30)12-16-48(17-13-42)39(52)36-9-6-26(3)54-36/h7-8,10,14,18,21-22,24-26,28-29,36H,6,9,11-13,15-17,19-20,23H2,1-5H3,(H,44,46,47)/t26-,28?,29?,36?/m1/s1. The molecule has 1 unspecified atom stereocenters. The predicted molar refractivity (Wildman–Crippen MR) is 206 cm³/mol. The van der Waals surface area contributed by atoms with Gasteiger partial charge >= 0.3 is 0 Å². The number of hydrogen-bond acceptors (Lipinski definition) is 8. The van der Waals surface area contributed by atoms with Crippen molar-refractivity contribution in [2.24, 2.45) is 5.41 Å². The molecule has 3 saturated heterocycles. The van der Waals surface area contributed by atoms with Crippen molar-refractivity contribution in [2.75, 3.05) is 36.4 Å². The SMILES string of the molecule is CC(C)n1cnc2cc(-c3ccc4c(c3)N(C3CC(N5CCC(C)(C)C5)C3)C(=O)C43CCN(C(=O)C4CC[C@@H](C)O4)CC3)nc(Nc3ccncc3F)c21. The minimum atomic E-state index is -0.686. The van der Waals surface area contributed by atoms with Crippen molar-refractivity contribution in [3.8, 4) is 11.3 Å². The summed E-state index contributed by atoms with van der Waals surface area (Å²) < 4.78 is 22.9. The number of ether oxygens (including phenoxy) is 1. The molecule has 284 valence electrons. The average molecular weight is 735 g/mol. The van der Waals surface area contributed by atoms with E-state index in [-0.39, 0.29) is 41.8 Å². The number of hydrogen-bond donors (Lipinski definition) is 1. The molecule has 1 aromatic carbocycles. The second kappa shape index (κ2) is 13.1. The van der Waals surface area contributed by atoms with Crippen molar-refractivity contribution < 1.29 is 18.7 Å². The molecule has 54 heavy (non-hydrogen) atoms. The number of piperidine rings is 1. The van der Waals surface area contributed by atoms with Gasteiger partial charge in [0.05, 0.1) is 40.9 Å².